The van der Waals surface area contributed by atoms with Gasteiger partial charge < -0.3 is 20.1 Å². The van der Waals surface area contributed by atoms with Gasteiger partial charge in [0.05, 0.1) is 6.61 Å². The van der Waals surface area contributed by atoms with Crippen LogP contribution in [0.5, 0.6) is 5.75 Å². The van der Waals surface area contributed by atoms with E-state index in [0.717, 1.165) is 11.3 Å². The van der Waals surface area contributed by atoms with Crippen LogP contribution in [0.4, 0.5) is 10.5 Å². The fourth-order valence-electron chi connectivity index (χ4n) is 2.45. The minimum Gasteiger partial charge on any atom is -0.494 e. The number of carbonyl (C=O) groups excluding carboxylic acids is 2. The maximum atomic E-state index is 12.6. The van der Waals surface area contributed by atoms with Crippen molar-refractivity contribution >= 4 is 17.7 Å². The van der Waals surface area contributed by atoms with Crippen LogP contribution in [0.15, 0.2) is 54.6 Å². The molecule has 1 atom stereocenters. The number of hydrogen-bond donors (Lipinski definition) is 2. The summed E-state index contributed by atoms with van der Waals surface area (Å²) in [6, 6.07) is 15.7. The summed E-state index contributed by atoms with van der Waals surface area (Å²) in [5.41, 5.74) is 1.51. The zero-order valence-corrected chi connectivity index (χ0v) is 15.9. The number of nitrogens with one attached hydrogen (secondary N) is 2. The smallest absolute Gasteiger partial charge is 0.408 e. The Bertz CT molecular complexity index is 730. The lowest BCUT2D eigenvalue weighted by Crippen LogP contribution is -2.47. The second kappa shape index (κ2) is 10.2. The second-order valence-corrected chi connectivity index (χ2v) is 6.37. The Morgan fingerprint density at radius 3 is 2.26 bits per heavy atom. The van der Waals surface area contributed by atoms with E-state index in [2.05, 4.69) is 10.6 Å². The molecule has 0 heterocycles. The minimum atomic E-state index is -0.708. The molecule has 0 saturated carbocycles. The summed E-state index contributed by atoms with van der Waals surface area (Å²) in [5, 5.41) is 5.45. The Hall–Kier alpha value is -3.02. The van der Waals surface area contributed by atoms with E-state index in [0.29, 0.717) is 12.3 Å². The summed E-state index contributed by atoms with van der Waals surface area (Å²) in [4.78, 5) is 24.6. The number of rotatable bonds is 8. The van der Waals surface area contributed by atoms with E-state index in [1.807, 2.05) is 51.1 Å². The van der Waals surface area contributed by atoms with Crippen LogP contribution in [0.2, 0.25) is 0 Å². The molecule has 0 radical (unpaired) electrons. The van der Waals surface area contributed by atoms with Gasteiger partial charge in [0.15, 0.2) is 0 Å². The largest absolute Gasteiger partial charge is 0.494 e. The van der Waals surface area contributed by atoms with Crippen LogP contribution in [0, 0.1) is 5.92 Å². The molecule has 0 fully saturated rings. The summed E-state index contributed by atoms with van der Waals surface area (Å²) in [6.07, 6.45) is -0.626. The van der Waals surface area contributed by atoms with Gasteiger partial charge in [-0.15, -0.1) is 0 Å². The molecule has 2 amide bonds. The molecule has 1 unspecified atom stereocenters. The maximum absolute atomic E-state index is 12.6. The van der Waals surface area contributed by atoms with Crippen molar-refractivity contribution in [1.82, 2.24) is 5.32 Å². The van der Waals surface area contributed by atoms with E-state index >= 15 is 0 Å². The first kappa shape index (κ1) is 20.3. The van der Waals surface area contributed by atoms with Crippen LogP contribution in [-0.2, 0) is 16.1 Å². The lowest BCUT2D eigenvalue weighted by molar-refractivity contribution is -0.119. The summed E-state index contributed by atoms with van der Waals surface area (Å²) in [5.74, 6) is 0.335. The highest BCUT2D eigenvalue weighted by Crippen LogP contribution is 2.16. The van der Waals surface area contributed by atoms with Gasteiger partial charge in [0.1, 0.15) is 18.4 Å². The fourth-order valence-corrected chi connectivity index (χ4v) is 2.45. The fraction of sp³-hybridized carbons (Fsp3) is 0.333. The normalized spacial score (nSPS) is 11.6. The van der Waals surface area contributed by atoms with Crippen molar-refractivity contribution in [3.63, 3.8) is 0 Å². The Balaban J connectivity index is 1.90. The number of alkyl carbamates (subject to hydrolysis) is 1. The lowest BCUT2D eigenvalue weighted by Gasteiger charge is -2.21. The van der Waals surface area contributed by atoms with E-state index in [9.17, 15) is 9.59 Å². The predicted molar refractivity (Wildman–Crippen MR) is 105 cm³/mol. The molecule has 2 rings (SSSR count). The quantitative estimate of drug-likeness (QED) is 0.737. The molecule has 27 heavy (non-hydrogen) atoms. The van der Waals surface area contributed by atoms with Gasteiger partial charge in [0.2, 0.25) is 5.91 Å². The average molecular weight is 370 g/mol. The van der Waals surface area contributed by atoms with Gasteiger partial charge in [0, 0.05) is 5.69 Å². The average Bonchev–Trinajstić information content (AvgIpc) is 2.66. The number of benzene rings is 2. The third-order valence-electron chi connectivity index (χ3n) is 3.87. The SMILES string of the molecule is CCOc1ccc(NC(=O)C(NC(=O)OCc2ccccc2)C(C)C)cc1. The van der Waals surface area contributed by atoms with Gasteiger partial charge in [0.25, 0.3) is 0 Å². The third-order valence-corrected chi connectivity index (χ3v) is 3.87. The first-order valence-electron chi connectivity index (χ1n) is 9.00. The molecule has 2 aromatic carbocycles. The molecule has 2 N–H and O–H groups in total. The van der Waals surface area contributed by atoms with E-state index < -0.39 is 12.1 Å². The van der Waals surface area contributed by atoms with E-state index in [1.165, 1.54) is 0 Å². The maximum Gasteiger partial charge on any atom is 0.408 e. The molecule has 144 valence electrons. The molecule has 6 nitrogen and oxygen atoms in total. The van der Waals surface area contributed by atoms with Crippen molar-refractivity contribution in [2.45, 2.75) is 33.4 Å². The summed E-state index contributed by atoms with van der Waals surface area (Å²) in [7, 11) is 0. The van der Waals surface area contributed by atoms with Crippen molar-refractivity contribution in [3.05, 3.63) is 60.2 Å². The molecule has 0 spiro atoms. The molecular weight excluding hydrogens is 344 g/mol. The van der Waals surface area contributed by atoms with Gasteiger partial charge in [-0.05, 0) is 42.7 Å². The van der Waals surface area contributed by atoms with Crippen LogP contribution >= 0.6 is 0 Å². The topological polar surface area (TPSA) is 76.7 Å². The Morgan fingerprint density at radius 1 is 1.00 bits per heavy atom. The van der Waals surface area contributed by atoms with E-state index in [4.69, 9.17) is 9.47 Å². The number of hydrogen-bond acceptors (Lipinski definition) is 4. The van der Waals surface area contributed by atoms with Gasteiger partial charge in [-0.2, -0.15) is 0 Å². The molecule has 0 saturated heterocycles. The van der Waals surface area contributed by atoms with Gasteiger partial charge >= 0.3 is 6.09 Å². The van der Waals surface area contributed by atoms with E-state index in [1.54, 1.807) is 24.3 Å². The van der Waals surface area contributed by atoms with Crippen LogP contribution < -0.4 is 15.4 Å². The molecule has 6 heteroatoms. The molecule has 0 aliphatic carbocycles. The molecule has 0 aliphatic rings. The second-order valence-electron chi connectivity index (χ2n) is 6.37. The van der Waals surface area contributed by atoms with E-state index in [-0.39, 0.29) is 18.4 Å². The monoisotopic (exact) mass is 370 g/mol. The van der Waals surface area contributed by atoms with Crippen LogP contribution in [-0.4, -0.2) is 24.6 Å². The number of carbonyl (C=O) groups is 2. The Kier molecular flexibility index (Phi) is 7.67. The molecular formula is C21H26N2O4. The zero-order chi connectivity index (χ0) is 19.6. The summed E-state index contributed by atoms with van der Waals surface area (Å²) in [6.45, 7) is 6.36. The van der Waals surface area contributed by atoms with Crippen molar-refractivity contribution in [1.29, 1.82) is 0 Å². The highest BCUT2D eigenvalue weighted by molar-refractivity contribution is 5.96. The minimum absolute atomic E-state index is 0.100. The van der Waals surface area contributed by atoms with Crippen molar-refractivity contribution in [2.75, 3.05) is 11.9 Å². The predicted octanol–water partition coefficient (Wildman–Crippen LogP) is 3.97. The zero-order valence-electron chi connectivity index (χ0n) is 15.9. The Morgan fingerprint density at radius 2 is 1.67 bits per heavy atom. The van der Waals surface area contributed by atoms with Gasteiger partial charge in [-0.1, -0.05) is 44.2 Å². The molecule has 0 aliphatic heterocycles. The van der Waals surface area contributed by atoms with Crippen LogP contribution in [0.3, 0.4) is 0 Å². The van der Waals surface area contributed by atoms with Crippen molar-refractivity contribution in [3.8, 4) is 5.75 Å². The first-order valence-corrected chi connectivity index (χ1v) is 9.00. The molecule has 2 aromatic rings. The van der Waals surface area contributed by atoms with Gasteiger partial charge in [-0.3, -0.25) is 4.79 Å². The highest BCUT2D eigenvalue weighted by atomic mass is 16.5. The summed E-state index contributed by atoms with van der Waals surface area (Å²) >= 11 is 0. The van der Waals surface area contributed by atoms with Crippen LogP contribution in [0.1, 0.15) is 26.3 Å². The van der Waals surface area contributed by atoms with Gasteiger partial charge in [-0.25, -0.2) is 4.79 Å². The van der Waals surface area contributed by atoms with Crippen molar-refractivity contribution in [2.24, 2.45) is 5.92 Å². The standard InChI is InChI=1S/C21H26N2O4/c1-4-26-18-12-10-17(11-13-18)22-20(24)19(15(2)3)23-21(25)27-14-16-8-6-5-7-9-16/h5-13,15,19H,4,14H2,1-3H3,(H,22,24)(H,23,25). The van der Waals surface area contributed by atoms with Crippen molar-refractivity contribution < 1.29 is 19.1 Å². The molecule has 0 bridgehead atoms. The summed E-state index contributed by atoms with van der Waals surface area (Å²) < 4.78 is 10.6. The number of ether oxygens (including phenoxy) is 2. The number of anilines is 1. The lowest BCUT2D eigenvalue weighted by atomic mass is 10.0. The van der Waals surface area contributed by atoms with Crippen LogP contribution in [0.25, 0.3) is 0 Å². The highest BCUT2D eigenvalue weighted by Gasteiger charge is 2.25. The number of amides is 2. The first-order chi connectivity index (χ1) is 13.0. The Labute approximate surface area is 159 Å². The third kappa shape index (κ3) is 6.66. The molecule has 0 aromatic heterocycles.